The van der Waals surface area contributed by atoms with Gasteiger partial charge in [0.05, 0.1) is 0 Å². The van der Waals surface area contributed by atoms with Gasteiger partial charge in [0.25, 0.3) is 0 Å². The van der Waals surface area contributed by atoms with Crippen LogP contribution >= 0.6 is 23.8 Å². The maximum absolute atomic E-state index is 5.97. The van der Waals surface area contributed by atoms with Crippen LogP contribution in [0.5, 0.6) is 0 Å². The molecule has 2 aromatic carbocycles. The van der Waals surface area contributed by atoms with Gasteiger partial charge in [-0.05, 0) is 54.4 Å². The molecular formula is C19H22ClN3S. The lowest BCUT2D eigenvalue weighted by Gasteiger charge is -2.28. The van der Waals surface area contributed by atoms with E-state index in [1.54, 1.807) is 0 Å². The Hall–Kier alpha value is -1.62. The van der Waals surface area contributed by atoms with Crippen molar-refractivity contribution in [3.8, 4) is 0 Å². The second-order valence-corrected chi connectivity index (χ2v) is 6.88. The van der Waals surface area contributed by atoms with E-state index >= 15 is 0 Å². The van der Waals surface area contributed by atoms with E-state index in [1.807, 2.05) is 24.3 Å². The van der Waals surface area contributed by atoms with Crippen molar-refractivity contribution in [1.82, 2.24) is 10.2 Å². The van der Waals surface area contributed by atoms with Gasteiger partial charge in [-0.2, -0.15) is 0 Å². The summed E-state index contributed by atoms with van der Waals surface area (Å²) in [6.07, 6.45) is 2.22. The van der Waals surface area contributed by atoms with Crippen LogP contribution in [-0.2, 0) is 13.0 Å². The average Bonchev–Trinajstić information content (AvgIpc) is 2.58. The number of thiocarbonyl (C=S) groups is 1. The Morgan fingerprint density at radius 3 is 2.79 bits per heavy atom. The van der Waals surface area contributed by atoms with Crippen LogP contribution in [0.25, 0.3) is 0 Å². The minimum Gasteiger partial charge on any atom is -0.362 e. The molecule has 0 radical (unpaired) electrons. The van der Waals surface area contributed by atoms with Crippen molar-refractivity contribution in [2.24, 2.45) is 0 Å². The van der Waals surface area contributed by atoms with Crippen LogP contribution in [0.4, 0.5) is 5.69 Å². The Kier molecular flexibility index (Phi) is 6.07. The summed E-state index contributed by atoms with van der Waals surface area (Å²) in [6.45, 7) is 4.15. The quantitative estimate of drug-likeness (QED) is 0.621. The fraction of sp³-hybridized carbons (Fsp3) is 0.316. The fourth-order valence-corrected chi connectivity index (χ4v) is 3.40. The molecule has 0 spiro atoms. The molecular weight excluding hydrogens is 338 g/mol. The van der Waals surface area contributed by atoms with E-state index < -0.39 is 0 Å². The van der Waals surface area contributed by atoms with Crippen molar-refractivity contribution in [2.45, 2.75) is 19.4 Å². The molecule has 3 rings (SSSR count). The first-order chi connectivity index (χ1) is 11.7. The van der Waals surface area contributed by atoms with Crippen LogP contribution in [0.1, 0.15) is 17.5 Å². The third-order valence-electron chi connectivity index (χ3n) is 4.23. The van der Waals surface area contributed by atoms with Crippen LogP contribution in [0.3, 0.4) is 0 Å². The van der Waals surface area contributed by atoms with Crippen LogP contribution in [0, 0.1) is 0 Å². The van der Waals surface area contributed by atoms with Gasteiger partial charge in [0, 0.05) is 36.9 Å². The molecule has 5 heteroatoms. The number of rotatable bonds is 5. The van der Waals surface area contributed by atoms with Gasteiger partial charge in [0.1, 0.15) is 0 Å². The standard InChI is InChI=1S/C19H22ClN3S/c20-17-7-3-8-18(13-17)22-19(24)21-10-4-11-23-12-9-15-5-1-2-6-16(15)14-23/h1-3,5-8,13H,4,9-12,14H2,(H2,21,22,24). The fourth-order valence-electron chi connectivity index (χ4n) is 2.99. The van der Waals surface area contributed by atoms with Gasteiger partial charge in [0.2, 0.25) is 0 Å². The Labute approximate surface area is 154 Å². The number of benzene rings is 2. The predicted molar refractivity (Wildman–Crippen MR) is 106 cm³/mol. The molecule has 24 heavy (non-hydrogen) atoms. The van der Waals surface area contributed by atoms with Crippen molar-refractivity contribution in [3.63, 3.8) is 0 Å². The molecule has 1 aliphatic heterocycles. The third-order valence-corrected chi connectivity index (χ3v) is 4.71. The molecule has 0 atom stereocenters. The van der Waals surface area contributed by atoms with Gasteiger partial charge in [-0.3, -0.25) is 4.90 Å². The summed E-state index contributed by atoms with van der Waals surface area (Å²) in [5.74, 6) is 0. The lowest BCUT2D eigenvalue weighted by Crippen LogP contribution is -2.34. The number of nitrogens with one attached hydrogen (secondary N) is 2. The first-order valence-corrected chi connectivity index (χ1v) is 9.09. The van der Waals surface area contributed by atoms with E-state index in [4.69, 9.17) is 23.8 Å². The average molecular weight is 360 g/mol. The normalized spacial score (nSPS) is 14.0. The molecule has 2 N–H and O–H groups in total. The minimum absolute atomic E-state index is 0.640. The second kappa shape index (κ2) is 8.47. The smallest absolute Gasteiger partial charge is 0.170 e. The third kappa shape index (κ3) is 4.94. The number of halogens is 1. The number of hydrogen-bond donors (Lipinski definition) is 2. The van der Waals surface area contributed by atoms with Gasteiger partial charge < -0.3 is 10.6 Å². The number of nitrogens with zero attached hydrogens (tertiary/aromatic N) is 1. The van der Waals surface area contributed by atoms with E-state index in [2.05, 4.69) is 39.8 Å². The van der Waals surface area contributed by atoms with Gasteiger partial charge in [-0.25, -0.2) is 0 Å². The Morgan fingerprint density at radius 2 is 1.96 bits per heavy atom. The first-order valence-electron chi connectivity index (χ1n) is 8.30. The molecule has 0 aliphatic carbocycles. The van der Waals surface area contributed by atoms with Gasteiger partial charge in [-0.15, -0.1) is 0 Å². The van der Waals surface area contributed by atoms with Crippen molar-refractivity contribution in [2.75, 3.05) is 25.0 Å². The molecule has 0 saturated heterocycles. The monoisotopic (exact) mass is 359 g/mol. The summed E-state index contributed by atoms with van der Waals surface area (Å²) in [7, 11) is 0. The Bertz CT molecular complexity index is 705. The molecule has 3 nitrogen and oxygen atoms in total. The first kappa shape index (κ1) is 17.2. The summed E-state index contributed by atoms with van der Waals surface area (Å²) in [4.78, 5) is 2.51. The number of hydrogen-bond acceptors (Lipinski definition) is 2. The van der Waals surface area contributed by atoms with Crippen LogP contribution < -0.4 is 10.6 Å². The molecule has 0 aromatic heterocycles. The van der Waals surface area contributed by atoms with E-state index in [0.717, 1.165) is 44.7 Å². The summed E-state index contributed by atoms with van der Waals surface area (Å²) in [5.41, 5.74) is 3.88. The Balaban J connectivity index is 1.36. The highest BCUT2D eigenvalue weighted by atomic mass is 35.5. The topological polar surface area (TPSA) is 27.3 Å². The van der Waals surface area contributed by atoms with Gasteiger partial charge in [-0.1, -0.05) is 41.9 Å². The molecule has 0 unspecified atom stereocenters. The van der Waals surface area contributed by atoms with Crippen molar-refractivity contribution in [3.05, 3.63) is 64.7 Å². The van der Waals surface area contributed by atoms with E-state index in [0.29, 0.717) is 10.1 Å². The highest BCUT2D eigenvalue weighted by Crippen LogP contribution is 2.18. The number of anilines is 1. The van der Waals surface area contributed by atoms with Gasteiger partial charge in [0.15, 0.2) is 5.11 Å². The van der Waals surface area contributed by atoms with Crippen molar-refractivity contribution >= 4 is 34.6 Å². The zero-order valence-electron chi connectivity index (χ0n) is 13.6. The van der Waals surface area contributed by atoms with Crippen LogP contribution in [0.15, 0.2) is 48.5 Å². The SMILES string of the molecule is S=C(NCCCN1CCc2ccccc2C1)Nc1cccc(Cl)c1. The second-order valence-electron chi connectivity index (χ2n) is 6.04. The van der Waals surface area contributed by atoms with Gasteiger partial charge >= 0.3 is 0 Å². The summed E-state index contributed by atoms with van der Waals surface area (Å²) < 4.78 is 0. The largest absolute Gasteiger partial charge is 0.362 e. The van der Waals surface area contributed by atoms with E-state index in [9.17, 15) is 0 Å². The van der Waals surface area contributed by atoms with E-state index in [1.165, 1.54) is 11.1 Å². The summed E-state index contributed by atoms with van der Waals surface area (Å²) in [5, 5.41) is 7.76. The van der Waals surface area contributed by atoms with Crippen LogP contribution in [0.2, 0.25) is 5.02 Å². The lowest BCUT2D eigenvalue weighted by molar-refractivity contribution is 0.251. The molecule has 1 aliphatic rings. The van der Waals surface area contributed by atoms with Crippen LogP contribution in [-0.4, -0.2) is 29.6 Å². The number of fused-ring (bicyclic) bond motifs is 1. The highest BCUT2D eigenvalue weighted by molar-refractivity contribution is 7.80. The summed E-state index contributed by atoms with van der Waals surface area (Å²) in [6, 6.07) is 16.3. The Morgan fingerprint density at radius 1 is 1.12 bits per heavy atom. The molecule has 126 valence electrons. The van der Waals surface area contributed by atoms with Crippen molar-refractivity contribution < 1.29 is 0 Å². The molecule has 0 saturated carbocycles. The maximum Gasteiger partial charge on any atom is 0.170 e. The molecule has 0 amide bonds. The summed E-state index contributed by atoms with van der Waals surface area (Å²) >= 11 is 11.3. The van der Waals surface area contributed by atoms with Crippen molar-refractivity contribution in [1.29, 1.82) is 0 Å². The molecule has 0 fully saturated rings. The highest BCUT2D eigenvalue weighted by Gasteiger charge is 2.14. The molecule has 1 heterocycles. The molecule has 2 aromatic rings. The lowest BCUT2D eigenvalue weighted by atomic mass is 10.00. The minimum atomic E-state index is 0.640. The predicted octanol–water partition coefficient (Wildman–Crippen LogP) is 4.07. The zero-order valence-corrected chi connectivity index (χ0v) is 15.2. The molecule has 0 bridgehead atoms. The van der Waals surface area contributed by atoms with E-state index in [-0.39, 0.29) is 0 Å². The maximum atomic E-state index is 5.97. The zero-order chi connectivity index (χ0) is 16.8.